The number of halogens is 2. The van der Waals surface area contributed by atoms with Gasteiger partial charge in [0.15, 0.2) is 5.82 Å². The van der Waals surface area contributed by atoms with Crippen molar-refractivity contribution in [3.8, 4) is 0 Å². The number of nitrogens with zero attached hydrogens (tertiary/aromatic N) is 4. The van der Waals surface area contributed by atoms with Gasteiger partial charge in [0.25, 0.3) is 0 Å². The first-order valence-electron chi connectivity index (χ1n) is 7.71. The molecule has 1 saturated heterocycles. The maximum atomic E-state index is 13.8. The summed E-state index contributed by atoms with van der Waals surface area (Å²) in [5.74, 6) is 0.229. The van der Waals surface area contributed by atoms with Crippen LogP contribution in [0.4, 0.5) is 8.78 Å². The molecule has 1 fully saturated rings. The molecule has 3 rings (SSSR count). The molecule has 2 aromatic rings. The fraction of sp³-hybridized carbons (Fsp3) is 0.500. The van der Waals surface area contributed by atoms with Crippen molar-refractivity contribution in [2.45, 2.75) is 33.0 Å². The van der Waals surface area contributed by atoms with E-state index in [1.54, 1.807) is 6.92 Å². The van der Waals surface area contributed by atoms with Gasteiger partial charge in [-0.1, -0.05) is 11.2 Å². The van der Waals surface area contributed by atoms with Crippen LogP contribution >= 0.6 is 0 Å². The molecule has 0 amide bonds. The zero-order valence-corrected chi connectivity index (χ0v) is 13.3. The number of hydrogen-bond donors (Lipinski definition) is 0. The summed E-state index contributed by atoms with van der Waals surface area (Å²) in [6, 6.07) is 4.03. The van der Waals surface area contributed by atoms with Gasteiger partial charge in [0, 0.05) is 50.8 Å². The molecular formula is C16H20F2N4O. The van der Waals surface area contributed by atoms with Gasteiger partial charge < -0.3 is 4.52 Å². The van der Waals surface area contributed by atoms with E-state index in [-0.39, 0.29) is 6.04 Å². The van der Waals surface area contributed by atoms with Gasteiger partial charge in [0.05, 0.1) is 6.54 Å². The first-order valence-corrected chi connectivity index (χ1v) is 7.71. The van der Waals surface area contributed by atoms with Gasteiger partial charge in [-0.3, -0.25) is 9.80 Å². The van der Waals surface area contributed by atoms with Crippen LogP contribution in [0.15, 0.2) is 22.7 Å². The predicted molar refractivity (Wildman–Crippen MR) is 80.5 cm³/mol. The molecule has 1 aliphatic heterocycles. The molecule has 124 valence electrons. The molecule has 23 heavy (non-hydrogen) atoms. The summed E-state index contributed by atoms with van der Waals surface area (Å²) < 4.78 is 31.8. The summed E-state index contributed by atoms with van der Waals surface area (Å²) in [6.45, 7) is 7.53. The highest BCUT2D eigenvalue weighted by molar-refractivity contribution is 5.18. The second kappa shape index (κ2) is 6.72. The van der Waals surface area contributed by atoms with Crippen molar-refractivity contribution in [2.75, 3.05) is 19.6 Å². The van der Waals surface area contributed by atoms with Crippen molar-refractivity contribution in [3.63, 3.8) is 0 Å². The van der Waals surface area contributed by atoms with E-state index in [1.165, 1.54) is 12.1 Å². The summed E-state index contributed by atoms with van der Waals surface area (Å²) in [5.41, 5.74) is 0.528. The Bertz CT molecular complexity index is 676. The van der Waals surface area contributed by atoms with Gasteiger partial charge in [0.2, 0.25) is 5.89 Å². The van der Waals surface area contributed by atoms with Gasteiger partial charge in [-0.2, -0.15) is 4.98 Å². The normalized spacial score (nSPS) is 20.1. The van der Waals surface area contributed by atoms with Crippen LogP contribution in [0.25, 0.3) is 0 Å². The Kier molecular flexibility index (Phi) is 4.68. The monoisotopic (exact) mass is 322 g/mol. The third-order valence-electron chi connectivity index (χ3n) is 4.17. The Hall–Kier alpha value is -1.86. The van der Waals surface area contributed by atoms with Gasteiger partial charge >= 0.3 is 0 Å². The van der Waals surface area contributed by atoms with Crippen molar-refractivity contribution in [1.29, 1.82) is 0 Å². The van der Waals surface area contributed by atoms with Crippen molar-refractivity contribution < 1.29 is 13.3 Å². The topological polar surface area (TPSA) is 45.4 Å². The van der Waals surface area contributed by atoms with Crippen LogP contribution < -0.4 is 0 Å². The van der Waals surface area contributed by atoms with Crippen molar-refractivity contribution >= 4 is 0 Å². The highest BCUT2D eigenvalue weighted by Gasteiger charge is 2.25. The van der Waals surface area contributed by atoms with Crippen LogP contribution in [0.1, 0.15) is 24.2 Å². The van der Waals surface area contributed by atoms with Crippen LogP contribution in [0.3, 0.4) is 0 Å². The summed E-state index contributed by atoms with van der Waals surface area (Å²) >= 11 is 0. The minimum Gasteiger partial charge on any atom is -0.340 e. The Labute approximate surface area is 133 Å². The predicted octanol–water partition coefficient (Wildman–Crippen LogP) is 2.36. The molecule has 1 atom stereocenters. The highest BCUT2D eigenvalue weighted by Crippen LogP contribution is 2.17. The Morgan fingerprint density at radius 1 is 1.26 bits per heavy atom. The Morgan fingerprint density at radius 3 is 2.74 bits per heavy atom. The number of aromatic nitrogens is 2. The lowest BCUT2D eigenvalue weighted by Gasteiger charge is -2.39. The number of benzene rings is 1. The summed E-state index contributed by atoms with van der Waals surface area (Å²) in [4.78, 5) is 8.68. The molecular weight excluding hydrogens is 302 g/mol. The smallest absolute Gasteiger partial charge is 0.223 e. The fourth-order valence-electron chi connectivity index (χ4n) is 2.92. The molecule has 2 heterocycles. The maximum Gasteiger partial charge on any atom is 0.223 e. The maximum absolute atomic E-state index is 13.8. The van der Waals surface area contributed by atoms with E-state index in [0.717, 1.165) is 25.7 Å². The zero-order chi connectivity index (χ0) is 16.4. The van der Waals surface area contributed by atoms with E-state index < -0.39 is 11.6 Å². The lowest BCUT2D eigenvalue weighted by atomic mass is 10.1. The van der Waals surface area contributed by atoms with E-state index >= 15 is 0 Å². The molecule has 0 radical (unpaired) electrons. The van der Waals surface area contributed by atoms with E-state index in [1.807, 2.05) is 0 Å². The minimum atomic E-state index is -0.542. The molecule has 5 nitrogen and oxygen atoms in total. The van der Waals surface area contributed by atoms with Crippen LogP contribution in [0, 0.1) is 18.6 Å². The number of rotatable bonds is 4. The first kappa shape index (κ1) is 16.0. The highest BCUT2D eigenvalue weighted by atomic mass is 19.1. The minimum absolute atomic E-state index is 0.265. The van der Waals surface area contributed by atoms with E-state index in [2.05, 4.69) is 26.9 Å². The Balaban J connectivity index is 1.58. The van der Waals surface area contributed by atoms with E-state index in [4.69, 9.17) is 4.52 Å². The van der Waals surface area contributed by atoms with Crippen LogP contribution in [-0.4, -0.2) is 45.6 Å². The molecule has 1 aromatic carbocycles. The largest absolute Gasteiger partial charge is 0.340 e. The molecule has 0 saturated carbocycles. The van der Waals surface area contributed by atoms with Crippen molar-refractivity contribution in [1.82, 2.24) is 19.9 Å². The van der Waals surface area contributed by atoms with Crippen LogP contribution in [0.5, 0.6) is 0 Å². The summed E-state index contributed by atoms with van der Waals surface area (Å²) in [5, 5.41) is 3.92. The second-order valence-electron chi connectivity index (χ2n) is 6.02. The van der Waals surface area contributed by atoms with Gasteiger partial charge in [0.1, 0.15) is 11.6 Å². The molecule has 0 N–H and O–H groups in total. The molecule has 7 heteroatoms. The molecule has 1 aliphatic rings. The number of aryl methyl sites for hydroxylation is 1. The third-order valence-corrected chi connectivity index (χ3v) is 4.17. The summed E-state index contributed by atoms with van der Waals surface area (Å²) in [7, 11) is 0. The van der Waals surface area contributed by atoms with Crippen molar-refractivity contribution in [2.24, 2.45) is 0 Å². The van der Waals surface area contributed by atoms with Gasteiger partial charge in [-0.05, 0) is 13.0 Å². The van der Waals surface area contributed by atoms with Crippen LogP contribution in [-0.2, 0) is 13.1 Å². The van der Waals surface area contributed by atoms with E-state index in [0.29, 0.717) is 30.4 Å². The standard InChI is InChI=1S/C16H20F2N4O/c1-11-8-21(10-16-19-12(2)23-20-16)5-6-22(11)9-13-3-4-14(17)7-15(13)18/h3-4,7,11H,5-6,8-10H2,1-2H3. The average Bonchev–Trinajstić information content (AvgIpc) is 2.89. The zero-order valence-electron chi connectivity index (χ0n) is 13.3. The van der Waals surface area contributed by atoms with Gasteiger partial charge in [-0.15, -0.1) is 0 Å². The molecule has 0 bridgehead atoms. The van der Waals surface area contributed by atoms with E-state index in [9.17, 15) is 8.78 Å². The molecule has 0 spiro atoms. The lowest BCUT2D eigenvalue weighted by Crippen LogP contribution is -2.51. The first-order chi connectivity index (χ1) is 11.0. The van der Waals surface area contributed by atoms with Crippen LogP contribution in [0.2, 0.25) is 0 Å². The molecule has 1 aromatic heterocycles. The average molecular weight is 322 g/mol. The van der Waals surface area contributed by atoms with Gasteiger partial charge in [-0.25, -0.2) is 8.78 Å². The lowest BCUT2D eigenvalue weighted by molar-refractivity contribution is 0.0705. The number of piperazine rings is 1. The number of hydrogen-bond acceptors (Lipinski definition) is 5. The molecule has 0 aliphatic carbocycles. The van der Waals surface area contributed by atoms with Crippen molar-refractivity contribution in [3.05, 3.63) is 47.1 Å². The summed E-state index contributed by atoms with van der Waals surface area (Å²) in [6.07, 6.45) is 0. The third kappa shape index (κ3) is 3.92. The molecule has 1 unspecified atom stereocenters. The fourth-order valence-corrected chi connectivity index (χ4v) is 2.92. The second-order valence-corrected chi connectivity index (χ2v) is 6.02. The quantitative estimate of drug-likeness (QED) is 0.865. The Morgan fingerprint density at radius 2 is 2.09 bits per heavy atom. The SMILES string of the molecule is Cc1nc(CN2CCN(Cc3ccc(F)cc3F)C(C)C2)no1.